The molecule has 15 heavy (non-hydrogen) atoms. The number of rotatable bonds is 3. The van der Waals surface area contributed by atoms with Crippen molar-refractivity contribution in [3.05, 3.63) is 29.6 Å². The van der Waals surface area contributed by atoms with Crippen LogP contribution in [0.2, 0.25) is 0 Å². The van der Waals surface area contributed by atoms with Crippen LogP contribution in [0, 0.1) is 0 Å². The van der Waals surface area contributed by atoms with E-state index in [-0.39, 0.29) is 6.23 Å². The van der Waals surface area contributed by atoms with Crippen molar-refractivity contribution >= 4 is 0 Å². The highest BCUT2D eigenvalue weighted by atomic mass is 16.5. The van der Waals surface area contributed by atoms with Crippen LogP contribution in [0.5, 0.6) is 0 Å². The average Bonchev–Trinajstić information content (AvgIpc) is 2.63. The van der Waals surface area contributed by atoms with Crippen molar-refractivity contribution in [2.45, 2.75) is 39.6 Å². The van der Waals surface area contributed by atoms with Gasteiger partial charge in [0, 0.05) is 17.8 Å². The highest BCUT2D eigenvalue weighted by molar-refractivity contribution is 5.24. The zero-order valence-electron chi connectivity index (χ0n) is 9.60. The van der Waals surface area contributed by atoms with E-state index < -0.39 is 0 Å². The molecule has 3 heteroatoms. The maximum Gasteiger partial charge on any atom is 0.154 e. The van der Waals surface area contributed by atoms with E-state index in [2.05, 4.69) is 36.7 Å². The molecule has 0 aliphatic carbocycles. The van der Waals surface area contributed by atoms with Crippen molar-refractivity contribution in [2.24, 2.45) is 0 Å². The van der Waals surface area contributed by atoms with Gasteiger partial charge in [-0.05, 0) is 26.5 Å². The Kier molecular flexibility index (Phi) is 3.03. The summed E-state index contributed by atoms with van der Waals surface area (Å²) in [6, 6.07) is 4.54. The molecule has 0 fully saturated rings. The Balaban J connectivity index is 2.26. The lowest BCUT2D eigenvalue weighted by atomic mass is 10.2. The number of nitrogens with zero attached hydrogens (tertiary/aromatic N) is 2. The zero-order valence-corrected chi connectivity index (χ0v) is 9.60. The predicted molar refractivity (Wildman–Crippen MR) is 59.3 cm³/mol. The van der Waals surface area contributed by atoms with Gasteiger partial charge in [0.1, 0.15) is 0 Å². The summed E-state index contributed by atoms with van der Waals surface area (Å²) in [7, 11) is 0. The van der Waals surface area contributed by atoms with E-state index in [9.17, 15) is 0 Å². The van der Waals surface area contributed by atoms with Crippen LogP contribution >= 0.6 is 0 Å². The first-order chi connectivity index (χ1) is 7.24. The number of fused-ring (bicyclic) bond motifs is 1. The molecule has 0 spiro atoms. The summed E-state index contributed by atoms with van der Waals surface area (Å²) < 4.78 is 5.80. The van der Waals surface area contributed by atoms with E-state index in [0.29, 0.717) is 12.6 Å². The van der Waals surface area contributed by atoms with Gasteiger partial charge < -0.3 is 4.74 Å². The third kappa shape index (κ3) is 1.90. The van der Waals surface area contributed by atoms with Crippen LogP contribution in [0.4, 0.5) is 0 Å². The Hall–Kier alpha value is -0.930. The Morgan fingerprint density at radius 3 is 3.07 bits per heavy atom. The van der Waals surface area contributed by atoms with Gasteiger partial charge in [-0.25, -0.2) is 0 Å². The Morgan fingerprint density at radius 1 is 1.60 bits per heavy atom. The van der Waals surface area contributed by atoms with Gasteiger partial charge in [-0.15, -0.1) is 0 Å². The minimum absolute atomic E-state index is 0.0474. The van der Waals surface area contributed by atoms with Crippen molar-refractivity contribution < 1.29 is 4.74 Å². The lowest BCUT2D eigenvalue weighted by Gasteiger charge is -2.30. The van der Waals surface area contributed by atoms with Crippen LogP contribution in [-0.2, 0) is 11.3 Å². The molecular weight excluding hydrogens is 188 g/mol. The minimum Gasteiger partial charge on any atom is -0.352 e. The first-order valence-corrected chi connectivity index (χ1v) is 5.55. The molecule has 1 aliphatic heterocycles. The van der Waals surface area contributed by atoms with Crippen LogP contribution in [-0.4, -0.2) is 22.5 Å². The fourth-order valence-corrected chi connectivity index (χ4v) is 2.10. The smallest absolute Gasteiger partial charge is 0.154 e. The SMILES string of the molecule is CCN(C(C)C)C1OCc2cccnc21. The fourth-order valence-electron chi connectivity index (χ4n) is 2.10. The second kappa shape index (κ2) is 4.29. The highest BCUT2D eigenvalue weighted by Crippen LogP contribution is 2.32. The second-order valence-electron chi connectivity index (χ2n) is 4.14. The first-order valence-electron chi connectivity index (χ1n) is 5.55. The largest absolute Gasteiger partial charge is 0.352 e. The molecule has 1 atom stereocenters. The van der Waals surface area contributed by atoms with E-state index >= 15 is 0 Å². The summed E-state index contributed by atoms with van der Waals surface area (Å²) in [5.41, 5.74) is 2.31. The van der Waals surface area contributed by atoms with Crippen LogP contribution in [0.25, 0.3) is 0 Å². The molecule has 82 valence electrons. The summed E-state index contributed by atoms with van der Waals surface area (Å²) in [5, 5.41) is 0. The van der Waals surface area contributed by atoms with Gasteiger partial charge in [0.2, 0.25) is 0 Å². The molecule has 2 rings (SSSR count). The molecule has 1 aromatic heterocycles. The van der Waals surface area contributed by atoms with Gasteiger partial charge in [-0.2, -0.15) is 0 Å². The number of aromatic nitrogens is 1. The molecule has 0 saturated heterocycles. The van der Waals surface area contributed by atoms with Crippen LogP contribution < -0.4 is 0 Å². The number of ether oxygens (including phenoxy) is 1. The molecule has 0 bridgehead atoms. The summed E-state index contributed by atoms with van der Waals surface area (Å²) in [4.78, 5) is 6.74. The maximum atomic E-state index is 5.80. The van der Waals surface area contributed by atoms with Crippen molar-refractivity contribution in [1.82, 2.24) is 9.88 Å². The Bertz CT molecular complexity index is 338. The normalized spacial score (nSPS) is 19.9. The second-order valence-corrected chi connectivity index (χ2v) is 4.14. The third-order valence-corrected chi connectivity index (χ3v) is 2.89. The fraction of sp³-hybridized carbons (Fsp3) is 0.583. The topological polar surface area (TPSA) is 25.4 Å². The molecule has 0 aromatic carbocycles. The van der Waals surface area contributed by atoms with Crippen LogP contribution in [0.3, 0.4) is 0 Å². The highest BCUT2D eigenvalue weighted by Gasteiger charge is 2.30. The molecule has 0 saturated carbocycles. The van der Waals surface area contributed by atoms with Gasteiger partial charge in [0.05, 0.1) is 12.3 Å². The molecule has 1 aliphatic rings. The van der Waals surface area contributed by atoms with Gasteiger partial charge in [0.25, 0.3) is 0 Å². The molecular formula is C12H18N2O. The zero-order chi connectivity index (χ0) is 10.8. The van der Waals surface area contributed by atoms with Crippen molar-refractivity contribution in [2.75, 3.05) is 6.54 Å². The van der Waals surface area contributed by atoms with E-state index in [1.807, 2.05) is 12.3 Å². The molecule has 1 aromatic rings. The monoisotopic (exact) mass is 206 g/mol. The quantitative estimate of drug-likeness (QED) is 0.759. The Labute approximate surface area is 91.1 Å². The predicted octanol–water partition coefficient (Wildman–Crippen LogP) is 2.34. The molecule has 0 amide bonds. The van der Waals surface area contributed by atoms with Crippen LogP contribution in [0.15, 0.2) is 18.3 Å². The van der Waals surface area contributed by atoms with E-state index in [0.717, 1.165) is 12.2 Å². The van der Waals surface area contributed by atoms with Crippen molar-refractivity contribution in [1.29, 1.82) is 0 Å². The number of hydrogen-bond donors (Lipinski definition) is 0. The standard InChI is InChI=1S/C12H18N2O/c1-4-14(9(2)3)12-11-10(8-15-12)6-5-7-13-11/h5-7,9,12H,4,8H2,1-3H3. The summed E-state index contributed by atoms with van der Waals surface area (Å²) >= 11 is 0. The summed E-state index contributed by atoms with van der Waals surface area (Å²) in [6.07, 6.45) is 1.89. The minimum atomic E-state index is 0.0474. The first kappa shape index (κ1) is 10.6. The summed E-state index contributed by atoms with van der Waals surface area (Å²) in [6.45, 7) is 8.21. The van der Waals surface area contributed by atoms with Gasteiger partial charge in [-0.1, -0.05) is 13.0 Å². The van der Waals surface area contributed by atoms with E-state index in [1.54, 1.807) is 0 Å². The number of pyridine rings is 1. The summed E-state index contributed by atoms with van der Waals surface area (Å²) in [5.74, 6) is 0. The lowest BCUT2D eigenvalue weighted by molar-refractivity contribution is -0.0660. The van der Waals surface area contributed by atoms with E-state index in [1.165, 1.54) is 5.56 Å². The lowest BCUT2D eigenvalue weighted by Crippen LogP contribution is -2.34. The average molecular weight is 206 g/mol. The Morgan fingerprint density at radius 2 is 2.40 bits per heavy atom. The number of hydrogen-bond acceptors (Lipinski definition) is 3. The van der Waals surface area contributed by atoms with Gasteiger partial charge in [0.15, 0.2) is 6.23 Å². The molecule has 0 radical (unpaired) electrons. The maximum absolute atomic E-state index is 5.80. The molecule has 3 nitrogen and oxygen atoms in total. The van der Waals surface area contributed by atoms with Crippen molar-refractivity contribution in [3.8, 4) is 0 Å². The van der Waals surface area contributed by atoms with Gasteiger partial charge in [-0.3, -0.25) is 9.88 Å². The van der Waals surface area contributed by atoms with Crippen LogP contribution in [0.1, 0.15) is 38.3 Å². The molecule has 2 heterocycles. The molecule has 1 unspecified atom stereocenters. The van der Waals surface area contributed by atoms with Gasteiger partial charge >= 0.3 is 0 Å². The van der Waals surface area contributed by atoms with E-state index in [4.69, 9.17) is 4.74 Å². The third-order valence-electron chi connectivity index (χ3n) is 2.89. The van der Waals surface area contributed by atoms with Crippen molar-refractivity contribution in [3.63, 3.8) is 0 Å². The molecule has 0 N–H and O–H groups in total.